The Morgan fingerprint density at radius 2 is 2.46 bits per heavy atom. The molecule has 0 aromatic rings. The molecule has 4 heteroatoms. The van der Waals surface area contributed by atoms with Crippen molar-refractivity contribution in [3.63, 3.8) is 0 Å². The highest BCUT2D eigenvalue weighted by molar-refractivity contribution is 5.77. The van der Waals surface area contributed by atoms with Crippen molar-refractivity contribution in [1.29, 1.82) is 0 Å². The molecule has 0 saturated carbocycles. The van der Waals surface area contributed by atoms with E-state index in [9.17, 15) is 4.79 Å². The van der Waals surface area contributed by atoms with E-state index in [1.807, 2.05) is 4.90 Å². The van der Waals surface area contributed by atoms with E-state index in [0.717, 1.165) is 32.5 Å². The second-order valence-electron chi connectivity index (χ2n) is 4.04. The number of hydrogen-bond acceptors (Lipinski definition) is 2. The summed E-state index contributed by atoms with van der Waals surface area (Å²) in [6.45, 7) is 5.22. The maximum absolute atomic E-state index is 11.4. The van der Waals surface area contributed by atoms with Crippen LogP contribution in [-0.4, -0.2) is 42.8 Å². The number of rotatable bonds is 1. The largest absolute Gasteiger partial charge is 0.379 e. The molecular weight excluding hydrogens is 168 g/mol. The van der Waals surface area contributed by atoms with Crippen molar-refractivity contribution in [2.24, 2.45) is 0 Å². The molecule has 2 rings (SSSR count). The second-order valence-corrected chi connectivity index (χ2v) is 4.04. The first-order valence-corrected chi connectivity index (χ1v) is 4.86. The lowest BCUT2D eigenvalue weighted by molar-refractivity contribution is -0.0145. The maximum Gasteiger partial charge on any atom is 0.318 e. The third-order valence-corrected chi connectivity index (χ3v) is 2.93. The Morgan fingerprint density at radius 1 is 1.62 bits per heavy atom. The summed E-state index contributed by atoms with van der Waals surface area (Å²) in [5, 5.41) is 2.82. The number of nitrogens with one attached hydrogen (secondary N) is 1. The van der Waals surface area contributed by atoms with Gasteiger partial charge in [-0.15, -0.1) is 0 Å². The molecule has 0 radical (unpaired) electrons. The molecule has 2 aliphatic rings. The molecule has 0 aromatic carbocycles. The first kappa shape index (κ1) is 8.81. The summed E-state index contributed by atoms with van der Waals surface area (Å²) in [4.78, 5) is 13.3. The highest BCUT2D eigenvalue weighted by Crippen LogP contribution is 2.26. The summed E-state index contributed by atoms with van der Waals surface area (Å²) in [5.74, 6) is 0. The third kappa shape index (κ3) is 1.50. The monoisotopic (exact) mass is 184 g/mol. The Labute approximate surface area is 78.2 Å². The van der Waals surface area contributed by atoms with Crippen LogP contribution in [-0.2, 0) is 4.74 Å². The molecule has 0 aromatic heterocycles. The summed E-state index contributed by atoms with van der Waals surface area (Å²) in [5.41, 5.74) is -0.0706. The van der Waals surface area contributed by atoms with Crippen LogP contribution in [0.2, 0.25) is 0 Å². The van der Waals surface area contributed by atoms with E-state index < -0.39 is 0 Å². The fraction of sp³-hybridized carbons (Fsp3) is 0.889. The van der Waals surface area contributed by atoms with Crippen LogP contribution >= 0.6 is 0 Å². The molecule has 2 aliphatic heterocycles. The lowest BCUT2D eigenvalue weighted by Crippen LogP contribution is -2.53. The summed E-state index contributed by atoms with van der Waals surface area (Å²) < 4.78 is 5.42. The first-order valence-electron chi connectivity index (χ1n) is 4.86. The van der Waals surface area contributed by atoms with E-state index in [1.54, 1.807) is 0 Å². The number of carbonyl (C=O) groups excluding carboxylic acids is 1. The average Bonchev–Trinajstić information content (AvgIpc) is 2.53. The fourth-order valence-electron chi connectivity index (χ4n) is 2.12. The molecule has 2 saturated heterocycles. The van der Waals surface area contributed by atoms with Gasteiger partial charge in [-0.05, 0) is 19.8 Å². The maximum atomic E-state index is 11.4. The summed E-state index contributed by atoms with van der Waals surface area (Å²) in [7, 11) is 0. The first-order chi connectivity index (χ1) is 6.22. The van der Waals surface area contributed by atoms with Crippen molar-refractivity contribution in [3.05, 3.63) is 0 Å². The van der Waals surface area contributed by atoms with Crippen LogP contribution in [0.4, 0.5) is 4.79 Å². The van der Waals surface area contributed by atoms with Crippen molar-refractivity contribution in [3.8, 4) is 0 Å². The van der Waals surface area contributed by atoms with Gasteiger partial charge in [0.15, 0.2) is 0 Å². The van der Waals surface area contributed by atoms with Gasteiger partial charge in [0.25, 0.3) is 0 Å². The van der Waals surface area contributed by atoms with Crippen LogP contribution in [0, 0.1) is 0 Å². The number of nitrogens with zero attached hydrogens (tertiary/aromatic N) is 1. The van der Waals surface area contributed by atoms with Crippen LogP contribution in [0.15, 0.2) is 0 Å². The minimum atomic E-state index is -0.0706. The molecule has 0 aliphatic carbocycles. The van der Waals surface area contributed by atoms with E-state index in [2.05, 4.69) is 12.2 Å². The minimum absolute atomic E-state index is 0.0630. The van der Waals surface area contributed by atoms with Gasteiger partial charge in [0.05, 0.1) is 12.1 Å². The Hall–Kier alpha value is -0.770. The highest BCUT2D eigenvalue weighted by Gasteiger charge is 2.39. The van der Waals surface area contributed by atoms with Gasteiger partial charge in [-0.1, -0.05) is 0 Å². The molecular formula is C9H16N2O2. The van der Waals surface area contributed by atoms with Crippen molar-refractivity contribution in [2.75, 3.05) is 26.3 Å². The fourth-order valence-corrected chi connectivity index (χ4v) is 2.12. The van der Waals surface area contributed by atoms with E-state index in [-0.39, 0.29) is 11.6 Å². The van der Waals surface area contributed by atoms with E-state index >= 15 is 0 Å². The average molecular weight is 184 g/mol. The lowest BCUT2D eigenvalue weighted by atomic mass is 9.93. The predicted molar refractivity (Wildman–Crippen MR) is 48.6 cm³/mol. The zero-order valence-electron chi connectivity index (χ0n) is 8.01. The molecule has 4 nitrogen and oxygen atoms in total. The standard InChI is InChI=1S/C9H16N2O2/c1-9(3-2-6-13-7-9)11-5-4-10-8(11)12/h2-7H2,1H3,(H,10,12). The van der Waals surface area contributed by atoms with E-state index in [1.165, 1.54) is 0 Å². The molecule has 0 spiro atoms. The van der Waals surface area contributed by atoms with Crippen LogP contribution < -0.4 is 5.32 Å². The Morgan fingerprint density at radius 3 is 3.00 bits per heavy atom. The van der Waals surface area contributed by atoms with Gasteiger partial charge in [0.2, 0.25) is 0 Å². The quantitative estimate of drug-likeness (QED) is 0.647. The molecule has 0 bridgehead atoms. The zero-order chi connectivity index (χ0) is 9.31. The van der Waals surface area contributed by atoms with Crippen molar-refractivity contribution in [2.45, 2.75) is 25.3 Å². The van der Waals surface area contributed by atoms with Crippen LogP contribution in [0.3, 0.4) is 0 Å². The predicted octanol–water partition coefficient (Wildman–Crippen LogP) is 0.581. The molecule has 1 unspecified atom stereocenters. The summed E-state index contributed by atoms with van der Waals surface area (Å²) in [6.07, 6.45) is 2.11. The van der Waals surface area contributed by atoms with Crippen LogP contribution in [0.25, 0.3) is 0 Å². The molecule has 74 valence electrons. The van der Waals surface area contributed by atoms with E-state index in [4.69, 9.17) is 4.74 Å². The second kappa shape index (κ2) is 3.18. The van der Waals surface area contributed by atoms with Gasteiger partial charge >= 0.3 is 6.03 Å². The molecule has 1 N–H and O–H groups in total. The Kier molecular flexibility index (Phi) is 2.15. The van der Waals surface area contributed by atoms with Crippen molar-refractivity contribution >= 4 is 6.03 Å². The highest BCUT2D eigenvalue weighted by atomic mass is 16.5. The number of amides is 2. The summed E-state index contributed by atoms with van der Waals surface area (Å²) >= 11 is 0. The normalized spacial score (nSPS) is 34.8. The van der Waals surface area contributed by atoms with Crippen molar-refractivity contribution in [1.82, 2.24) is 10.2 Å². The SMILES string of the molecule is CC1(N2CCNC2=O)CCCOC1. The number of urea groups is 1. The number of ether oxygens (including phenoxy) is 1. The van der Waals surface area contributed by atoms with Gasteiger partial charge in [-0.3, -0.25) is 0 Å². The van der Waals surface area contributed by atoms with Crippen LogP contribution in [0.1, 0.15) is 19.8 Å². The van der Waals surface area contributed by atoms with Gasteiger partial charge in [-0.2, -0.15) is 0 Å². The van der Waals surface area contributed by atoms with Gasteiger partial charge < -0.3 is 15.0 Å². The lowest BCUT2D eigenvalue weighted by Gasteiger charge is -2.40. The zero-order valence-corrected chi connectivity index (χ0v) is 8.01. The Bertz CT molecular complexity index is 212. The number of carbonyl (C=O) groups is 1. The van der Waals surface area contributed by atoms with Crippen LogP contribution in [0.5, 0.6) is 0 Å². The molecule has 1 atom stereocenters. The topological polar surface area (TPSA) is 41.6 Å². The van der Waals surface area contributed by atoms with Gasteiger partial charge in [-0.25, -0.2) is 4.79 Å². The molecule has 2 heterocycles. The van der Waals surface area contributed by atoms with Gasteiger partial charge in [0.1, 0.15) is 0 Å². The van der Waals surface area contributed by atoms with Gasteiger partial charge in [0, 0.05) is 19.7 Å². The Balaban J connectivity index is 2.07. The van der Waals surface area contributed by atoms with E-state index in [0.29, 0.717) is 6.61 Å². The molecule has 13 heavy (non-hydrogen) atoms. The summed E-state index contributed by atoms with van der Waals surface area (Å²) in [6, 6.07) is 0.0630. The molecule has 2 fully saturated rings. The smallest absolute Gasteiger partial charge is 0.318 e. The molecule has 2 amide bonds. The number of hydrogen-bond donors (Lipinski definition) is 1. The minimum Gasteiger partial charge on any atom is -0.379 e. The third-order valence-electron chi connectivity index (χ3n) is 2.93. The van der Waals surface area contributed by atoms with Crippen molar-refractivity contribution < 1.29 is 9.53 Å².